The Morgan fingerprint density at radius 1 is 1.05 bits per heavy atom. The van der Waals surface area contributed by atoms with Gasteiger partial charge in [-0.2, -0.15) is 0 Å². The van der Waals surface area contributed by atoms with Crippen molar-refractivity contribution in [2.75, 3.05) is 26.4 Å². The highest BCUT2D eigenvalue weighted by atomic mass is 16.6. The van der Waals surface area contributed by atoms with Crippen LogP contribution in [0.25, 0.3) is 0 Å². The highest BCUT2D eigenvalue weighted by Crippen LogP contribution is 2.44. The number of esters is 1. The lowest BCUT2D eigenvalue weighted by atomic mass is 9.67. The van der Waals surface area contributed by atoms with E-state index in [1.54, 1.807) is 6.92 Å². The molecular weight excluding hydrogens is 480 g/mol. The number of hydrogen-bond donors (Lipinski definition) is 3. The SMILES string of the molecule is C=C(C)C(=O)OCC(C)(COC(O)C(=C)CC(CO)CO)C1CCC(c2ccc(CCCCC)cc2)CC1. The lowest BCUT2D eigenvalue weighted by molar-refractivity contribution is -0.154. The quantitative estimate of drug-likeness (QED) is 0.0786. The fraction of sp³-hybridized carbons (Fsp3) is 0.656. The van der Waals surface area contributed by atoms with Crippen LogP contribution >= 0.6 is 0 Å². The molecule has 214 valence electrons. The Balaban J connectivity index is 2.01. The van der Waals surface area contributed by atoms with Crippen molar-refractivity contribution in [1.29, 1.82) is 0 Å². The van der Waals surface area contributed by atoms with Crippen LogP contribution in [0.4, 0.5) is 0 Å². The molecule has 0 saturated heterocycles. The van der Waals surface area contributed by atoms with E-state index in [2.05, 4.69) is 51.3 Å². The van der Waals surface area contributed by atoms with E-state index in [1.165, 1.54) is 30.4 Å². The number of unbranched alkanes of at least 4 members (excludes halogenated alkanes) is 2. The normalized spacial score (nSPS) is 20.1. The largest absolute Gasteiger partial charge is 0.462 e. The average Bonchev–Trinajstić information content (AvgIpc) is 2.93. The molecule has 0 radical (unpaired) electrons. The summed E-state index contributed by atoms with van der Waals surface area (Å²) in [5, 5.41) is 29.2. The van der Waals surface area contributed by atoms with Crippen LogP contribution in [0.5, 0.6) is 0 Å². The molecule has 1 aliphatic carbocycles. The minimum absolute atomic E-state index is 0.176. The molecule has 0 bridgehead atoms. The number of benzene rings is 1. The van der Waals surface area contributed by atoms with Gasteiger partial charge in [0.1, 0.15) is 0 Å². The molecule has 38 heavy (non-hydrogen) atoms. The molecule has 3 N–H and O–H groups in total. The first-order valence-electron chi connectivity index (χ1n) is 14.2. The highest BCUT2D eigenvalue weighted by Gasteiger charge is 2.39. The summed E-state index contributed by atoms with van der Waals surface area (Å²) in [5.41, 5.74) is 3.06. The fourth-order valence-corrected chi connectivity index (χ4v) is 5.34. The number of aryl methyl sites for hydroxylation is 1. The van der Waals surface area contributed by atoms with E-state index in [4.69, 9.17) is 9.47 Å². The molecule has 6 nitrogen and oxygen atoms in total. The minimum atomic E-state index is -1.22. The van der Waals surface area contributed by atoms with Crippen molar-refractivity contribution in [1.82, 2.24) is 0 Å². The van der Waals surface area contributed by atoms with Gasteiger partial charge in [0.05, 0.1) is 13.2 Å². The number of aliphatic hydroxyl groups excluding tert-OH is 3. The highest BCUT2D eigenvalue weighted by molar-refractivity contribution is 5.86. The van der Waals surface area contributed by atoms with Crippen LogP contribution < -0.4 is 0 Å². The first kappa shape index (κ1) is 32.2. The van der Waals surface area contributed by atoms with Gasteiger partial charge in [-0.05, 0) is 80.4 Å². The van der Waals surface area contributed by atoms with Crippen molar-refractivity contribution in [3.05, 3.63) is 59.7 Å². The Labute approximate surface area is 229 Å². The standard InChI is InChI=1S/C32H50O6/c1-6-7-8-9-25-10-12-27(13-11-25)28-14-16-29(17-15-28)32(5,21-37-30(35)23(2)3)22-38-31(36)24(4)18-26(19-33)20-34/h10-13,26,28-29,31,33-34,36H,2,4,6-9,14-22H2,1,3,5H3. The summed E-state index contributed by atoms with van der Waals surface area (Å²) in [6.07, 6.45) is 7.97. The van der Waals surface area contributed by atoms with Crippen LogP contribution in [0.1, 0.15) is 89.2 Å². The number of hydrogen-bond acceptors (Lipinski definition) is 6. The van der Waals surface area contributed by atoms with Gasteiger partial charge in [0.15, 0.2) is 6.29 Å². The van der Waals surface area contributed by atoms with Crippen LogP contribution in [-0.4, -0.2) is 54.0 Å². The molecule has 1 saturated carbocycles. The van der Waals surface area contributed by atoms with Crippen molar-refractivity contribution < 1.29 is 29.6 Å². The van der Waals surface area contributed by atoms with Gasteiger partial charge < -0.3 is 24.8 Å². The zero-order valence-corrected chi connectivity index (χ0v) is 23.8. The van der Waals surface area contributed by atoms with Gasteiger partial charge in [-0.25, -0.2) is 4.79 Å². The molecular formula is C32H50O6. The monoisotopic (exact) mass is 530 g/mol. The van der Waals surface area contributed by atoms with Crippen molar-refractivity contribution in [3.8, 4) is 0 Å². The number of aliphatic hydroxyl groups is 3. The molecule has 2 rings (SSSR count). The fourth-order valence-electron chi connectivity index (χ4n) is 5.34. The van der Waals surface area contributed by atoms with Crippen LogP contribution in [0.15, 0.2) is 48.6 Å². The second-order valence-electron chi connectivity index (χ2n) is 11.5. The molecule has 6 heteroatoms. The Morgan fingerprint density at radius 2 is 1.68 bits per heavy atom. The summed E-state index contributed by atoms with van der Waals surface area (Å²) < 4.78 is 11.4. The number of carbonyl (C=O) groups is 1. The molecule has 1 aromatic carbocycles. The first-order valence-corrected chi connectivity index (χ1v) is 14.2. The van der Waals surface area contributed by atoms with Gasteiger partial charge >= 0.3 is 5.97 Å². The van der Waals surface area contributed by atoms with Gasteiger partial charge in [0, 0.05) is 30.1 Å². The molecule has 2 atom stereocenters. The van der Waals surface area contributed by atoms with Crippen LogP contribution in [0.3, 0.4) is 0 Å². The summed E-state index contributed by atoms with van der Waals surface area (Å²) in [4.78, 5) is 12.2. The first-order chi connectivity index (χ1) is 18.1. The Hall–Kier alpha value is -1.99. The van der Waals surface area contributed by atoms with E-state index >= 15 is 0 Å². The summed E-state index contributed by atoms with van der Waals surface area (Å²) in [6.45, 7) is 13.5. The van der Waals surface area contributed by atoms with Gasteiger partial charge in [-0.1, -0.05) is 64.1 Å². The third-order valence-corrected chi connectivity index (χ3v) is 8.10. The van der Waals surface area contributed by atoms with E-state index in [1.807, 2.05) is 0 Å². The van der Waals surface area contributed by atoms with Gasteiger partial charge in [0.25, 0.3) is 0 Å². The maximum Gasteiger partial charge on any atom is 0.333 e. The van der Waals surface area contributed by atoms with E-state index in [0.717, 1.165) is 32.1 Å². The van der Waals surface area contributed by atoms with E-state index < -0.39 is 17.7 Å². The predicted octanol–water partition coefficient (Wildman–Crippen LogP) is 5.70. The van der Waals surface area contributed by atoms with Gasteiger partial charge in [-0.15, -0.1) is 0 Å². The summed E-state index contributed by atoms with van der Waals surface area (Å²) in [5.74, 6) is -0.0431. The Morgan fingerprint density at radius 3 is 2.24 bits per heavy atom. The van der Waals surface area contributed by atoms with Crippen molar-refractivity contribution in [3.63, 3.8) is 0 Å². The Bertz CT molecular complexity index is 866. The van der Waals surface area contributed by atoms with E-state index in [0.29, 0.717) is 17.1 Å². The van der Waals surface area contributed by atoms with Gasteiger partial charge in [-0.3, -0.25) is 0 Å². The van der Waals surface area contributed by atoms with Crippen molar-refractivity contribution >= 4 is 5.97 Å². The zero-order valence-electron chi connectivity index (χ0n) is 23.8. The second-order valence-corrected chi connectivity index (χ2v) is 11.5. The third-order valence-electron chi connectivity index (χ3n) is 8.10. The molecule has 0 spiro atoms. The number of ether oxygens (including phenoxy) is 2. The molecule has 1 aliphatic rings. The van der Waals surface area contributed by atoms with Crippen LogP contribution in [-0.2, 0) is 20.7 Å². The predicted molar refractivity (Wildman–Crippen MR) is 152 cm³/mol. The topological polar surface area (TPSA) is 96.2 Å². The molecule has 1 aromatic rings. The molecule has 2 unspecified atom stereocenters. The minimum Gasteiger partial charge on any atom is -0.462 e. The summed E-state index contributed by atoms with van der Waals surface area (Å²) >= 11 is 0. The molecule has 1 fully saturated rings. The van der Waals surface area contributed by atoms with E-state index in [-0.39, 0.29) is 44.7 Å². The average molecular weight is 531 g/mol. The molecule has 0 aliphatic heterocycles. The maximum atomic E-state index is 12.2. The Kier molecular flexibility index (Phi) is 13.7. The molecule has 0 aromatic heterocycles. The van der Waals surface area contributed by atoms with Gasteiger partial charge in [0.2, 0.25) is 0 Å². The second kappa shape index (κ2) is 16.2. The smallest absolute Gasteiger partial charge is 0.333 e. The van der Waals surface area contributed by atoms with Crippen LogP contribution in [0, 0.1) is 17.3 Å². The number of carbonyl (C=O) groups excluding carboxylic acids is 1. The third kappa shape index (κ3) is 9.96. The summed E-state index contributed by atoms with van der Waals surface area (Å²) in [7, 11) is 0. The van der Waals surface area contributed by atoms with Crippen molar-refractivity contribution in [2.24, 2.45) is 17.3 Å². The van der Waals surface area contributed by atoms with Crippen LogP contribution in [0.2, 0.25) is 0 Å². The molecule has 0 heterocycles. The number of rotatable bonds is 17. The van der Waals surface area contributed by atoms with E-state index in [9.17, 15) is 20.1 Å². The zero-order chi connectivity index (χ0) is 28.1. The lowest BCUT2D eigenvalue weighted by Crippen LogP contribution is -2.41. The van der Waals surface area contributed by atoms with Crippen molar-refractivity contribution in [2.45, 2.75) is 90.8 Å². The maximum absolute atomic E-state index is 12.2. The summed E-state index contributed by atoms with van der Waals surface area (Å²) in [6, 6.07) is 9.13. The lowest BCUT2D eigenvalue weighted by Gasteiger charge is -2.41. The molecule has 0 amide bonds.